The summed E-state index contributed by atoms with van der Waals surface area (Å²) in [6.45, 7) is 8.02. The first-order valence-electron chi connectivity index (χ1n) is 10.0. The molecule has 0 aliphatic rings. The smallest absolute Gasteiger partial charge is 0.264 e. The average Bonchev–Trinajstić information content (AvgIpc) is 2.78. The minimum Gasteiger partial charge on any atom is -0.322 e. The van der Waals surface area contributed by atoms with E-state index in [2.05, 4.69) is 25.7 Å². The second-order valence-electron chi connectivity index (χ2n) is 7.42. The van der Waals surface area contributed by atoms with Crippen LogP contribution in [0, 0.1) is 0 Å². The molecule has 0 bridgehead atoms. The van der Waals surface area contributed by atoms with Gasteiger partial charge < -0.3 is 5.32 Å². The Morgan fingerprint density at radius 2 is 1.58 bits per heavy atom. The van der Waals surface area contributed by atoms with E-state index in [1.165, 1.54) is 15.9 Å². The molecule has 5 nitrogen and oxygen atoms in total. The Kier molecular flexibility index (Phi) is 6.92. The van der Waals surface area contributed by atoms with Gasteiger partial charge in [-0.1, -0.05) is 50.3 Å². The highest BCUT2D eigenvalue weighted by molar-refractivity contribution is 7.92. The molecule has 160 valence electrons. The Morgan fingerprint density at radius 3 is 2.13 bits per heavy atom. The van der Waals surface area contributed by atoms with E-state index in [1.807, 2.05) is 24.3 Å². The van der Waals surface area contributed by atoms with Gasteiger partial charge in [0.2, 0.25) is 0 Å². The first-order chi connectivity index (χ1) is 14.8. The number of hydrogen-bond donors (Lipinski definition) is 1. The number of nitrogens with one attached hydrogen (secondary N) is 1. The van der Waals surface area contributed by atoms with Gasteiger partial charge in [0.15, 0.2) is 0 Å². The zero-order valence-corrected chi connectivity index (χ0v) is 18.5. The van der Waals surface area contributed by atoms with Gasteiger partial charge in [-0.15, -0.1) is 6.58 Å². The highest BCUT2D eigenvalue weighted by Crippen LogP contribution is 2.24. The van der Waals surface area contributed by atoms with Crippen LogP contribution >= 0.6 is 0 Å². The molecule has 0 radical (unpaired) electrons. The Bertz CT molecular complexity index is 1140. The molecule has 31 heavy (non-hydrogen) atoms. The first kappa shape index (κ1) is 22.3. The van der Waals surface area contributed by atoms with Crippen LogP contribution in [-0.4, -0.2) is 20.9 Å². The number of hydrogen-bond acceptors (Lipinski definition) is 3. The van der Waals surface area contributed by atoms with Crippen molar-refractivity contribution in [1.29, 1.82) is 0 Å². The fourth-order valence-electron chi connectivity index (χ4n) is 3.11. The van der Waals surface area contributed by atoms with Gasteiger partial charge in [-0.05, 0) is 60.0 Å². The van der Waals surface area contributed by atoms with Gasteiger partial charge in [0.25, 0.3) is 15.9 Å². The molecule has 0 fully saturated rings. The van der Waals surface area contributed by atoms with Gasteiger partial charge in [-0.2, -0.15) is 0 Å². The molecule has 0 spiro atoms. The van der Waals surface area contributed by atoms with Gasteiger partial charge in [0, 0.05) is 11.3 Å². The summed E-state index contributed by atoms with van der Waals surface area (Å²) >= 11 is 0. The van der Waals surface area contributed by atoms with Crippen molar-refractivity contribution in [2.24, 2.45) is 0 Å². The lowest BCUT2D eigenvalue weighted by molar-refractivity contribution is 0.102. The lowest BCUT2D eigenvalue weighted by Crippen LogP contribution is -2.31. The molecule has 1 amide bonds. The Morgan fingerprint density at radius 1 is 0.968 bits per heavy atom. The molecule has 0 saturated heterocycles. The molecule has 3 rings (SSSR count). The molecular formula is C25H26N2O3S. The Labute approximate surface area is 184 Å². The lowest BCUT2D eigenvalue weighted by atomic mass is 10.0. The van der Waals surface area contributed by atoms with Gasteiger partial charge in [-0.25, -0.2) is 8.42 Å². The van der Waals surface area contributed by atoms with Gasteiger partial charge in [0.1, 0.15) is 0 Å². The molecule has 3 aromatic carbocycles. The third kappa shape index (κ3) is 5.22. The van der Waals surface area contributed by atoms with Gasteiger partial charge in [-0.3, -0.25) is 9.10 Å². The van der Waals surface area contributed by atoms with Crippen molar-refractivity contribution >= 4 is 27.3 Å². The van der Waals surface area contributed by atoms with E-state index in [0.29, 0.717) is 22.9 Å². The molecule has 3 aromatic rings. The topological polar surface area (TPSA) is 66.5 Å². The van der Waals surface area contributed by atoms with Crippen molar-refractivity contribution in [3.8, 4) is 0 Å². The van der Waals surface area contributed by atoms with E-state index in [1.54, 1.807) is 54.6 Å². The maximum absolute atomic E-state index is 13.1. The molecule has 0 aliphatic carbocycles. The molecule has 1 N–H and O–H groups in total. The summed E-state index contributed by atoms with van der Waals surface area (Å²) in [6, 6.07) is 22.4. The van der Waals surface area contributed by atoms with Crippen molar-refractivity contribution in [2.45, 2.75) is 24.7 Å². The molecule has 6 heteroatoms. The highest BCUT2D eigenvalue weighted by Gasteiger charge is 2.24. The number of nitrogens with zero attached hydrogens (tertiary/aromatic N) is 1. The number of benzene rings is 3. The second kappa shape index (κ2) is 9.62. The van der Waals surface area contributed by atoms with Crippen LogP contribution in [0.4, 0.5) is 11.4 Å². The van der Waals surface area contributed by atoms with Crippen molar-refractivity contribution in [3.05, 3.63) is 103 Å². The van der Waals surface area contributed by atoms with Gasteiger partial charge >= 0.3 is 0 Å². The number of carbonyl (C=O) groups is 1. The monoisotopic (exact) mass is 434 g/mol. The largest absolute Gasteiger partial charge is 0.322 e. The number of amides is 1. The lowest BCUT2D eigenvalue weighted by Gasteiger charge is -2.23. The maximum atomic E-state index is 13.1. The number of sulfonamides is 1. The van der Waals surface area contributed by atoms with Crippen LogP contribution < -0.4 is 9.62 Å². The van der Waals surface area contributed by atoms with Gasteiger partial charge in [0.05, 0.1) is 17.1 Å². The molecule has 0 unspecified atom stereocenters. The third-order valence-electron chi connectivity index (χ3n) is 4.88. The summed E-state index contributed by atoms with van der Waals surface area (Å²) in [5.41, 5.74) is 2.80. The SMILES string of the molecule is C=CCN(c1ccc(C(=O)Nc2ccc(C(C)C)cc2)cc1)S(=O)(=O)c1ccccc1. The minimum atomic E-state index is -3.75. The third-order valence-corrected chi connectivity index (χ3v) is 6.69. The summed E-state index contributed by atoms with van der Waals surface area (Å²) < 4.78 is 27.4. The Hall–Kier alpha value is -3.38. The fraction of sp³-hybridized carbons (Fsp3) is 0.160. The minimum absolute atomic E-state index is 0.116. The first-order valence-corrected chi connectivity index (χ1v) is 11.5. The molecule has 0 aromatic heterocycles. The standard InChI is InChI=1S/C25H26N2O3S/c1-4-18-27(31(29,30)24-8-6-5-7-9-24)23-16-12-21(13-17-23)25(28)26-22-14-10-20(11-15-22)19(2)3/h4-17,19H,1,18H2,2-3H3,(H,26,28). The van der Waals surface area contributed by atoms with E-state index < -0.39 is 10.0 Å². The summed E-state index contributed by atoms with van der Waals surface area (Å²) in [5, 5.41) is 2.87. The van der Waals surface area contributed by atoms with Crippen LogP contribution in [-0.2, 0) is 10.0 Å². The zero-order valence-electron chi connectivity index (χ0n) is 17.7. The van der Waals surface area contributed by atoms with Crippen molar-refractivity contribution < 1.29 is 13.2 Å². The van der Waals surface area contributed by atoms with E-state index in [9.17, 15) is 13.2 Å². The summed E-state index contributed by atoms with van der Waals surface area (Å²) in [5.74, 6) is 0.160. The number of carbonyl (C=O) groups excluding carboxylic acids is 1. The van der Waals surface area contributed by atoms with Crippen LogP contribution in [0.15, 0.2) is 96.4 Å². The van der Waals surface area contributed by atoms with E-state index >= 15 is 0 Å². The summed E-state index contributed by atoms with van der Waals surface area (Å²) in [6.07, 6.45) is 1.53. The highest BCUT2D eigenvalue weighted by atomic mass is 32.2. The summed E-state index contributed by atoms with van der Waals surface area (Å²) in [4.78, 5) is 12.8. The van der Waals surface area contributed by atoms with E-state index in [0.717, 1.165) is 0 Å². The molecule has 0 atom stereocenters. The molecular weight excluding hydrogens is 408 g/mol. The van der Waals surface area contributed by atoms with Crippen LogP contribution in [0.2, 0.25) is 0 Å². The number of rotatable bonds is 8. The van der Waals surface area contributed by atoms with Crippen molar-refractivity contribution in [3.63, 3.8) is 0 Å². The second-order valence-corrected chi connectivity index (χ2v) is 9.28. The van der Waals surface area contributed by atoms with Crippen LogP contribution in [0.25, 0.3) is 0 Å². The zero-order chi connectivity index (χ0) is 22.4. The van der Waals surface area contributed by atoms with E-state index in [4.69, 9.17) is 0 Å². The predicted molar refractivity (Wildman–Crippen MR) is 126 cm³/mol. The summed E-state index contributed by atoms with van der Waals surface area (Å²) in [7, 11) is -3.75. The van der Waals surface area contributed by atoms with Crippen molar-refractivity contribution in [2.75, 3.05) is 16.2 Å². The quantitative estimate of drug-likeness (QED) is 0.480. The van der Waals surface area contributed by atoms with E-state index in [-0.39, 0.29) is 17.3 Å². The number of anilines is 2. The molecule has 0 saturated carbocycles. The van der Waals surface area contributed by atoms with Crippen LogP contribution in [0.3, 0.4) is 0 Å². The molecule has 0 heterocycles. The molecule has 0 aliphatic heterocycles. The predicted octanol–water partition coefficient (Wildman–Crippen LogP) is 5.44. The maximum Gasteiger partial charge on any atom is 0.264 e. The normalized spacial score (nSPS) is 11.2. The van der Waals surface area contributed by atoms with Crippen molar-refractivity contribution in [1.82, 2.24) is 0 Å². The van der Waals surface area contributed by atoms with Crippen LogP contribution in [0.1, 0.15) is 35.7 Å². The Balaban J connectivity index is 1.80. The fourth-order valence-corrected chi connectivity index (χ4v) is 4.57. The van der Waals surface area contributed by atoms with Crippen LogP contribution in [0.5, 0.6) is 0 Å². The average molecular weight is 435 g/mol.